The van der Waals surface area contributed by atoms with E-state index in [1.54, 1.807) is 56.5 Å². The number of nitrogens with zero attached hydrogens (tertiary/aromatic N) is 2. The number of rotatable bonds is 5. The highest BCUT2D eigenvalue weighted by Crippen LogP contribution is 2.38. The molecule has 0 aliphatic heterocycles. The minimum absolute atomic E-state index is 0.00866. The molecule has 1 aromatic heterocycles. The van der Waals surface area contributed by atoms with E-state index in [1.807, 2.05) is 0 Å². The molecule has 0 bridgehead atoms. The average Bonchev–Trinajstić information content (AvgIpc) is 3.04. The fourth-order valence-corrected chi connectivity index (χ4v) is 3.65. The van der Waals surface area contributed by atoms with Gasteiger partial charge in [-0.3, -0.25) is 4.57 Å². The Balaban J connectivity index is 2.14. The van der Waals surface area contributed by atoms with E-state index >= 15 is 0 Å². The van der Waals surface area contributed by atoms with Crippen molar-refractivity contribution in [1.29, 1.82) is 0 Å². The predicted molar refractivity (Wildman–Crippen MR) is 120 cm³/mol. The van der Waals surface area contributed by atoms with E-state index in [-0.39, 0.29) is 12.1 Å². The molecular weight excluding hydrogens is 459 g/mol. The molecule has 33 heavy (non-hydrogen) atoms. The number of amides is 1. The van der Waals surface area contributed by atoms with Crippen molar-refractivity contribution in [3.05, 3.63) is 58.4 Å². The maximum Gasteiger partial charge on any atom is 0.417 e. The van der Waals surface area contributed by atoms with Crippen molar-refractivity contribution >= 4 is 28.7 Å². The number of fused-ring (bicyclic) bond motifs is 1. The molecular formula is C23H25ClF3N3O3. The second kappa shape index (κ2) is 9.23. The van der Waals surface area contributed by atoms with E-state index in [1.165, 1.54) is 6.07 Å². The maximum absolute atomic E-state index is 13.4. The van der Waals surface area contributed by atoms with E-state index in [0.717, 1.165) is 11.6 Å². The third-order valence-electron chi connectivity index (χ3n) is 4.79. The maximum atomic E-state index is 13.4. The number of imidazole rings is 1. The number of benzene rings is 2. The summed E-state index contributed by atoms with van der Waals surface area (Å²) in [5.74, 6) is 0.307. The summed E-state index contributed by atoms with van der Waals surface area (Å²) in [4.78, 5) is 16.7. The first kappa shape index (κ1) is 24.9. The largest absolute Gasteiger partial charge is 0.444 e. The third-order valence-corrected chi connectivity index (χ3v) is 5.10. The zero-order valence-electron chi connectivity index (χ0n) is 18.6. The van der Waals surface area contributed by atoms with Crippen LogP contribution in [0.4, 0.5) is 18.0 Å². The first-order valence-electron chi connectivity index (χ1n) is 10.3. The van der Waals surface area contributed by atoms with E-state index in [2.05, 4.69) is 10.3 Å². The number of aromatic nitrogens is 2. The lowest BCUT2D eigenvalue weighted by molar-refractivity contribution is -0.137. The summed E-state index contributed by atoms with van der Waals surface area (Å²) in [5.41, 5.74) is 0.239. The molecule has 0 spiro atoms. The number of hydrogen-bond donors (Lipinski definition) is 2. The number of alkyl halides is 3. The van der Waals surface area contributed by atoms with Gasteiger partial charge in [0.15, 0.2) is 0 Å². The van der Waals surface area contributed by atoms with Gasteiger partial charge in [0.25, 0.3) is 0 Å². The van der Waals surface area contributed by atoms with Crippen LogP contribution in [0.15, 0.2) is 36.4 Å². The van der Waals surface area contributed by atoms with Gasteiger partial charge in [-0.15, -0.1) is 0 Å². The minimum Gasteiger partial charge on any atom is -0.444 e. The van der Waals surface area contributed by atoms with Crippen molar-refractivity contribution in [2.75, 3.05) is 6.61 Å². The number of nitrogens with one attached hydrogen (secondary N) is 1. The molecule has 1 heterocycles. The number of halogens is 4. The number of carbonyl (C=O) groups excluding carboxylic acids is 1. The minimum atomic E-state index is -4.64. The zero-order chi connectivity index (χ0) is 24.6. The van der Waals surface area contributed by atoms with Crippen LogP contribution < -0.4 is 5.32 Å². The molecule has 178 valence electrons. The van der Waals surface area contributed by atoms with Gasteiger partial charge in [-0.05, 0) is 63.9 Å². The highest BCUT2D eigenvalue weighted by atomic mass is 35.5. The molecule has 3 rings (SSSR count). The van der Waals surface area contributed by atoms with Crippen molar-refractivity contribution in [2.24, 2.45) is 0 Å². The summed E-state index contributed by atoms with van der Waals surface area (Å²) in [6.45, 7) is 6.82. The molecule has 1 atom stereocenters. The highest BCUT2D eigenvalue weighted by Gasteiger charge is 2.34. The molecule has 1 amide bonds. The highest BCUT2D eigenvalue weighted by molar-refractivity contribution is 6.32. The molecule has 2 N–H and O–H groups in total. The number of carbonyl (C=O) groups is 1. The number of hydrogen-bond acceptors (Lipinski definition) is 4. The fraction of sp³-hybridized carbons (Fsp3) is 0.391. The Bertz CT molecular complexity index is 1150. The Labute approximate surface area is 194 Å². The Morgan fingerprint density at radius 1 is 1.21 bits per heavy atom. The van der Waals surface area contributed by atoms with Crippen molar-refractivity contribution in [2.45, 2.75) is 51.9 Å². The molecule has 0 saturated carbocycles. The van der Waals surface area contributed by atoms with E-state index < -0.39 is 34.5 Å². The third kappa shape index (κ3) is 5.78. The van der Waals surface area contributed by atoms with Gasteiger partial charge in [-0.2, -0.15) is 13.2 Å². The topological polar surface area (TPSA) is 76.4 Å². The lowest BCUT2D eigenvalue weighted by atomic mass is 10.1. The fourth-order valence-electron chi connectivity index (χ4n) is 3.39. The van der Waals surface area contributed by atoms with Gasteiger partial charge in [-0.1, -0.05) is 23.7 Å². The predicted octanol–water partition coefficient (Wildman–Crippen LogP) is 5.82. The quantitative estimate of drug-likeness (QED) is 0.479. The van der Waals surface area contributed by atoms with Crippen LogP contribution >= 0.6 is 11.6 Å². The molecule has 0 aliphatic rings. The summed E-state index contributed by atoms with van der Waals surface area (Å²) in [6.07, 6.45) is -4.85. The lowest BCUT2D eigenvalue weighted by Gasteiger charge is -2.22. The Kier molecular flexibility index (Phi) is 6.95. The summed E-state index contributed by atoms with van der Waals surface area (Å²) in [7, 11) is 0. The van der Waals surface area contributed by atoms with Crippen molar-refractivity contribution in [3.8, 4) is 5.69 Å². The molecule has 3 aromatic rings. The average molecular weight is 484 g/mol. The van der Waals surface area contributed by atoms with Crippen LogP contribution in [-0.2, 0) is 17.3 Å². The van der Waals surface area contributed by atoms with Crippen LogP contribution in [0.3, 0.4) is 0 Å². The second-order valence-electron chi connectivity index (χ2n) is 8.63. The number of aliphatic hydroxyl groups is 1. The number of aliphatic hydroxyl groups excluding tert-OH is 1. The first-order chi connectivity index (χ1) is 15.3. The molecule has 1 unspecified atom stereocenters. The van der Waals surface area contributed by atoms with Crippen LogP contribution in [0.25, 0.3) is 16.7 Å². The monoisotopic (exact) mass is 483 g/mol. The van der Waals surface area contributed by atoms with Crippen molar-refractivity contribution in [1.82, 2.24) is 14.9 Å². The molecule has 6 nitrogen and oxygen atoms in total. The SMILES string of the molecule is CC(NC(=O)OC(C)(C)C)c1nc2cc(C(F)(F)F)c(Cl)cc2n1-c1ccc(CCO)cc1. The van der Waals surface area contributed by atoms with Crippen LogP contribution in [0, 0.1) is 0 Å². The molecule has 0 radical (unpaired) electrons. The van der Waals surface area contributed by atoms with Crippen molar-refractivity contribution < 1.29 is 27.8 Å². The van der Waals surface area contributed by atoms with Gasteiger partial charge in [0.1, 0.15) is 11.4 Å². The number of alkyl carbamates (subject to hydrolysis) is 1. The standard InChI is InChI=1S/C23H25ClF3N3O3/c1-13(28-21(32)33-22(2,3)4)20-29-18-11-16(23(25,26)27)17(24)12-19(18)30(20)15-7-5-14(6-8-15)9-10-31/h5-8,11-13,31H,9-10H2,1-4H3,(H,28,32). The van der Waals surface area contributed by atoms with Crippen LogP contribution in [0.2, 0.25) is 5.02 Å². The lowest BCUT2D eigenvalue weighted by Crippen LogP contribution is -2.34. The van der Waals surface area contributed by atoms with Crippen molar-refractivity contribution in [3.63, 3.8) is 0 Å². The van der Waals surface area contributed by atoms with E-state index in [0.29, 0.717) is 23.4 Å². The Morgan fingerprint density at radius 3 is 2.39 bits per heavy atom. The van der Waals surface area contributed by atoms with E-state index in [4.69, 9.17) is 21.4 Å². The van der Waals surface area contributed by atoms with Gasteiger partial charge in [0.2, 0.25) is 0 Å². The molecule has 0 fully saturated rings. The normalized spacial score (nSPS) is 13.2. The summed E-state index contributed by atoms with van der Waals surface area (Å²) in [6, 6.07) is 8.56. The summed E-state index contributed by atoms with van der Waals surface area (Å²) in [5, 5.41) is 11.4. The van der Waals surface area contributed by atoms with Gasteiger partial charge in [0, 0.05) is 12.3 Å². The second-order valence-corrected chi connectivity index (χ2v) is 9.04. The smallest absolute Gasteiger partial charge is 0.417 e. The first-order valence-corrected chi connectivity index (χ1v) is 10.7. The van der Waals surface area contributed by atoms with Gasteiger partial charge < -0.3 is 15.2 Å². The van der Waals surface area contributed by atoms with Crippen LogP contribution in [-0.4, -0.2) is 33.0 Å². The van der Waals surface area contributed by atoms with Gasteiger partial charge in [0.05, 0.1) is 27.7 Å². The van der Waals surface area contributed by atoms with Crippen LogP contribution in [0.5, 0.6) is 0 Å². The van der Waals surface area contributed by atoms with Gasteiger partial charge >= 0.3 is 12.3 Å². The molecule has 10 heteroatoms. The Morgan fingerprint density at radius 2 is 1.85 bits per heavy atom. The zero-order valence-corrected chi connectivity index (χ0v) is 19.4. The molecule has 0 aliphatic carbocycles. The summed E-state index contributed by atoms with van der Waals surface area (Å²) >= 11 is 5.98. The van der Waals surface area contributed by atoms with Crippen LogP contribution in [0.1, 0.15) is 50.7 Å². The Hall–Kier alpha value is -2.78. The number of ether oxygens (including phenoxy) is 1. The molecule has 0 saturated heterocycles. The van der Waals surface area contributed by atoms with Gasteiger partial charge in [-0.25, -0.2) is 9.78 Å². The molecule has 2 aromatic carbocycles. The van der Waals surface area contributed by atoms with E-state index in [9.17, 15) is 18.0 Å². The summed E-state index contributed by atoms with van der Waals surface area (Å²) < 4.78 is 47.1.